The molecule has 139 heavy (non-hydrogen) atoms. The summed E-state index contributed by atoms with van der Waals surface area (Å²) >= 11 is 10.8. The maximum absolute atomic E-state index is 11.8. The van der Waals surface area contributed by atoms with Gasteiger partial charge in [0.05, 0.1) is 99.7 Å². The lowest BCUT2D eigenvalue weighted by atomic mass is 9.80. The van der Waals surface area contributed by atoms with Crippen molar-refractivity contribution >= 4 is 168 Å². The SMILES string of the molecule is COC(=O)C1CCC(c2nc3c(-c4ccn(C)c4)cnn3c(N)c2Br)CN1.COC(=O)C1CCC(c2nc3c(-c4ccn(C)c4Br)cnn3c(N)c2Br)CN1.COC(=O)CCCc1cc(N)n2ncc(-c3cnc4ccccc4c3)c2n1.Nc1cc(C2CCC(C(=O)O)CC2)nc2c(-c3cnc4ccccc4c3)cnn12.Nc1cc(CCCCCC(=O)O)nc2c(-c3cnc4ccccc4c3)cnn12. The van der Waals surface area contributed by atoms with Crippen molar-refractivity contribution in [2.45, 2.75) is 133 Å². The summed E-state index contributed by atoms with van der Waals surface area (Å²) < 4.78 is 29.0. The first-order valence-corrected chi connectivity index (χ1v) is 47.8. The molecule has 3 aliphatic rings. The minimum atomic E-state index is -0.753. The van der Waals surface area contributed by atoms with Gasteiger partial charge in [-0.1, -0.05) is 61.0 Å². The lowest BCUT2D eigenvalue weighted by Gasteiger charge is -2.28. The van der Waals surface area contributed by atoms with Crippen molar-refractivity contribution in [2.24, 2.45) is 20.0 Å². The van der Waals surface area contributed by atoms with Crippen molar-refractivity contribution < 1.29 is 48.4 Å². The minimum Gasteiger partial charge on any atom is -0.481 e. The molecule has 37 nitrogen and oxygen atoms in total. The third-order valence-corrected chi connectivity index (χ3v) is 28.1. The molecule has 714 valence electrons. The molecule has 2 aliphatic heterocycles. The number of aryl methyl sites for hydroxylation is 4. The van der Waals surface area contributed by atoms with Crippen LogP contribution in [-0.4, -0.2) is 184 Å². The second-order valence-corrected chi connectivity index (χ2v) is 36.9. The van der Waals surface area contributed by atoms with E-state index in [-0.39, 0.29) is 60.1 Å². The molecule has 3 aromatic carbocycles. The number of hydrogen-bond donors (Lipinski definition) is 9. The number of piperidine rings is 2. The summed E-state index contributed by atoms with van der Waals surface area (Å²) in [6.07, 6.45) is 31.3. The number of nitrogens with two attached hydrogens (primary N) is 5. The maximum Gasteiger partial charge on any atom is 0.322 e. The summed E-state index contributed by atoms with van der Waals surface area (Å²) in [5.74, 6) is 0.712. The molecule has 3 fully saturated rings. The molecule has 4 unspecified atom stereocenters. The van der Waals surface area contributed by atoms with Crippen LogP contribution >= 0.6 is 47.8 Å². The Morgan fingerprint density at radius 2 is 0.849 bits per heavy atom. The number of nitrogen functional groups attached to an aromatic ring is 5. The van der Waals surface area contributed by atoms with Crippen LogP contribution in [0.2, 0.25) is 0 Å². The van der Waals surface area contributed by atoms with Crippen molar-refractivity contribution in [1.29, 1.82) is 0 Å². The third-order valence-electron chi connectivity index (χ3n) is 25.5. The maximum atomic E-state index is 11.8. The number of carbonyl (C=O) groups is 5. The summed E-state index contributed by atoms with van der Waals surface area (Å²) in [6.45, 7) is 1.26. The van der Waals surface area contributed by atoms with E-state index in [1.165, 1.54) is 21.3 Å². The van der Waals surface area contributed by atoms with Crippen LogP contribution in [0.3, 0.4) is 0 Å². The van der Waals surface area contributed by atoms with Crippen LogP contribution in [0.25, 0.3) is 117 Å². The molecule has 18 aromatic rings. The first-order valence-electron chi connectivity index (χ1n) is 45.5. The summed E-state index contributed by atoms with van der Waals surface area (Å²) in [7, 11) is 8.15. The molecule has 1 saturated carbocycles. The summed E-state index contributed by atoms with van der Waals surface area (Å²) in [5, 5.41) is 49.6. The smallest absolute Gasteiger partial charge is 0.322 e. The number of fused-ring (bicyclic) bond motifs is 8. The van der Waals surface area contributed by atoms with Gasteiger partial charge in [-0.15, -0.1) is 0 Å². The largest absolute Gasteiger partial charge is 0.481 e. The zero-order valence-electron chi connectivity index (χ0n) is 76.7. The van der Waals surface area contributed by atoms with Crippen LogP contribution in [0.4, 0.5) is 29.1 Å². The lowest BCUT2D eigenvalue weighted by molar-refractivity contribution is -0.144. The normalized spacial score (nSPS) is 16.4. The first kappa shape index (κ1) is 96.0. The molecule has 40 heteroatoms. The van der Waals surface area contributed by atoms with E-state index in [0.717, 1.165) is 181 Å². The Morgan fingerprint density at radius 3 is 1.27 bits per heavy atom. The van der Waals surface area contributed by atoms with E-state index in [1.54, 1.807) is 59.6 Å². The van der Waals surface area contributed by atoms with Crippen molar-refractivity contribution in [2.75, 3.05) is 63.1 Å². The number of rotatable bonds is 21. The number of aromatic nitrogens is 20. The van der Waals surface area contributed by atoms with Crippen molar-refractivity contribution in [1.82, 2.24) is 108 Å². The summed E-state index contributed by atoms with van der Waals surface area (Å²) in [5.41, 5.74) is 51.4. The lowest BCUT2D eigenvalue weighted by Crippen LogP contribution is -2.44. The van der Waals surface area contributed by atoms with Crippen LogP contribution < -0.4 is 39.3 Å². The highest BCUT2D eigenvalue weighted by Gasteiger charge is 2.35. The van der Waals surface area contributed by atoms with E-state index < -0.39 is 11.9 Å². The minimum absolute atomic E-state index is 0.129. The number of hydrogen-bond acceptors (Lipinski definition) is 28. The predicted molar refractivity (Wildman–Crippen MR) is 540 cm³/mol. The Balaban J connectivity index is 0.000000120. The number of para-hydroxylation sites is 3. The number of unbranched alkanes of at least 4 members (excludes halogenated alkanes) is 2. The second kappa shape index (κ2) is 42.5. The number of methoxy groups -OCH3 is 3. The van der Waals surface area contributed by atoms with E-state index in [0.29, 0.717) is 116 Å². The summed E-state index contributed by atoms with van der Waals surface area (Å²) in [4.78, 5) is 94.4. The van der Waals surface area contributed by atoms with Gasteiger partial charge in [0.25, 0.3) is 0 Å². The number of carboxylic acid groups (broad SMARTS) is 2. The number of benzene rings is 3. The van der Waals surface area contributed by atoms with Crippen LogP contribution in [0.15, 0.2) is 203 Å². The molecular weight excluding hydrogens is 1970 g/mol. The van der Waals surface area contributed by atoms with Gasteiger partial charge in [-0.2, -0.15) is 48.1 Å². The fourth-order valence-electron chi connectivity index (χ4n) is 17.9. The van der Waals surface area contributed by atoms with Gasteiger partial charge < -0.3 is 72.9 Å². The molecule has 2 saturated heterocycles. The molecule has 0 spiro atoms. The molecule has 0 amide bonds. The first-order chi connectivity index (χ1) is 67.3. The van der Waals surface area contributed by atoms with Gasteiger partial charge in [-0.25, -0.2) is 24.9 Å². The molecule has 4 atom stereocenters. The van der Waals surface area contributed by atoms with Gasteiger partial charge >= 0.3 is 29.8 Å². The monoisotopic (exact) mass is 2070 g/mol. The molecule has 0 bridgehead atoms. The molecular formula is C99H102Br3N27O10. The number of halogens is 3. The van der Waals surface area contributed by atoms with Gasteiger partial charge in [0, 0.05) is 202 Å². The Labute approximate surface area is 821 Å². The number of carboxylic acids is 2. The van der Waals surface area contributed by atoms with E-state index in [1.807, 2.05) is 157 Å². The average molecular weight is 2070 g/mol. The highest BCUT2D eigenvalue weighted by Crippen LogP contribution is 2.42. The average Bonchev–Trinajstić information content (AvgIpc) is 1.62. The number of nitrogens with zero attached hydrogens (tertiary/aromatic N) is 20. The Bertz CT molecular complexity index is 7630. The number of aliphatic carboxylic acids is 2. The van der Waals surface area contributed by atoms with Gasteiger partial charge in [0.15, 0.2) is 28.2 Å². The number of esters is 3. The predicted octanol–water partition coefficient (Wildman–Crippen LogP) is 15.6. The van der Waals surface area contributed by atoms with E-state index in [4.69, 9.17) is 68.2 Å². The molecule has 1 aliphatic carbocycles. The quantitative estimate of drug-likeness (QED) is 0.0183. The number of carbonyl (C=O) groups excluding carboxylic acids is 3. The topological polar surface area (TPSA) is 507 Å². The molecule has 14 N–H and O–H groups in total. The number of anilines is 5. The molecule has 15 aromatic heterocycles. The van der Waals surface area contributed by atoms with E-state index >= 15 is 0 Å². The highest BCUT2D eigenvalue weighted by molar-refractivity contribution is 9.11. The highest BCUT2D eigenvalue weighted by atomic mass is 79.9. The van der Waals surface area contributed by atoms with Crippen molar-refractivity contribution in [3.8, 4) is 55.6 Å². The second-order valence-electron chi connectivity index (χ2n) is 34.5. The molecule has 21 rings (SSSR count). The Kier molecular flexibility index (Phi) is 29.3. The third kappa shape index (κ3) is 20.9. The Morgan fingerprint density at radius 1 is 0.424 bits per heavy atom. The fourth-order valence-corrected chi connectivity index (χ4v) is 19.6. The number of ether oxygens (including phenoxy) is 3. The Hall–Kier alpha value is -14.7. The molecule has 17 heterocycles. The van der Waals surface area contributed by atoms with Crippen LogP contribution in [-0.2, 0) is 65.1 Å². The van der Waals surface area contributed by atoms with Crippen molar-refractivity contribution in [3.05, 3.63) is 232 Å². The zero-order chi connectivity index (χ0) is 97.4. The van der Waals surface area contributed by atoms with Gasteiger partial charge in [0.2, 0.25) is 0 Å². The zero-order valence-corrected chi connectivity index (χ0v) is 81.5. The standard InChI is InChI=1S/C22H21N5O2.C21H21N5O2.C20H19N5O2.C18H20Br2N6O2.C18H21BrN6O2/c23-20-10-19(13-5-7-14(8-6-13)22(28)29)26-21-17(12-25-27(20)21)16-9-15-3-1-2-4-18(15)24-11-16;22-19-11-16(7-2-1-3-9-20(27)28)25-21-17(13-24-26(19)21)15-10-14-6-4-5-8-18(14)23-12-15;1-27-19(26)8-4-6-15-10-18(21)25-20(24-15)16(12-23-25)14-9-13-5-2-3-7-17(13)22-11-14;1-25-6-5-10(15(25)20)11-8-23-26-16(21)13(19)14(24-17(11)26)9-3-4-12(22-7-9)18(27)28-2;1-24-6-5-11(9-24)12-8-22-25-16(20)14(19)15(23-17(12)25)10-3-4-13(21-7-10)18(26)27-2/h1-4,9-14H,5-8,23H2,(H,28,29);4-6,8,10-13H,1-3,7,9,22H2,(H,27,28);2-3,5,7,9-12H,4,6,8,21H2,1H3;5-6,8-9,12,22H,3-4,7,21H2,1-2H3;5-6,8-10,13,21H,3-4,7,20H2,1-2H3. The summed E-state index contributed by atoms with van der Waals surface area (Å²) in [6, 6.07) is 39.1. The fraction of sp³-hybridized carbons (Fsp3) is 0.293. The number of pyridine rings is 3. The molecule has 0 radical (unpaired) electrons. The van der Waals surface area contributed by atoms with E-state index in [9.17, 15) is 29.1 Å². The van der Waals surface area contributed by atoms with Crippen LogP contribution in [0.5, 0.6) is 0 Å². The van der Waals surface area contributed by atoms with Crippen LogP contribution in [0.1, 0.15) is 136 Å². The van der Waals surface area contributed by atoms with Gasteiger partial charge in [0.1, 0.15) is 41.2 Å². The van der Waals surface area contributed by atoms with Crippen molar-refractivity contribution in [3.63, 3.8) is 0 Å². The number of nitrogens with one attached hydrogen (secondary N) is 2. The van der Waals surface area contributed by atoms with Crippen LogP contribution in [0, 0.1) is 5.92 Å². The van der Waals surface area contributed by atoms with E-state index in [2.05, 4.69) is 122 Å². The van der Waals surface area contributed by atoms with Gasteiger partial charge in [-0.05, 0) is 180 Å². The van der Waals surface area contributed by atoms with Gasteiger partial charge in [-0.3, -0.25) is 38.9 Å².